The number of carbonyl (C=O) groups is 1. The summed E-state index contributed by atoms with van der Waals surface area (Å²) < 4.78 is 9.80. The van der Waals surface area contributed by atoms with E-state index in [-0.39, 0.29) is 11.5 Å². The Morgan fingerprint density at radius 1 is 1.40 bits per heavy atom. The van der Waals surface area contributed by atoms with Gasteiger partial charge in [-0.05, 0) is 20.8 Å². The van der Waals surface area contributed by atoms with Gasteiger partial charge in [0.2, 0.25) is 0 Å². The molecule has 0 saturated carbocycles. The Balaban J connectivity index is 2.81. The van der Waals surface area contributed by atoms with Gasteiger partial charge in [0.25, 0.3) is 8.45 Å². The second-order valence-corrected chi connectivity index (χ2v) is 6.32. The van der Waals surface area contributed by atoms with Gasteiger partial charge in [-0.1, -0.05) is 13.8 Å². The molecule has 0 aliphatic carbocycles. The lowest BCUT2D eigenvalue weighted by Gasteiger charge is -2.37. The summed E-state index contributed by atoms with van der Waals surface area (Å²) in [6.07, 6.45) is 0. The number of carbonyl (C=O) groups excluding carboxylic acids is 1. The molecule has 5 heteroatoms. The van der Waals surface area contributed by atoms with Crippen molar-refractivity contribution in [2.24, 2.45) is 0 Å². The van der Waals surface area contributed by atoms with Crippen LogP contribution in [-0.2, 0) is 9.32 Å². The minimum Gasteiger partial charge on any atom is -0.412 e. The second kappa shape index (κ2) is 4.77. The van der Waals surface area contributed by atoms with Gasteiger partial charge in [0.1, 0.15) is 6.54 Å². The Labute approximate surface area is 93.5 Å². The SMILES string of the molecule is CCN(CC)P1OC(=O)CN1C(C)(C)C. The number of nitrogens with zero attached hydrogens (tertiary/aromatic N) is 2. The maximum Gasteiger partial charge on any atom is 0.325 e. The molecule has 0 aromatic carbocycles. The summed E-state index contributed by atoms with van der Waals surface area (Å²) >= 11 is 0. The van der Waals surface area contributed by atoms with Gasteiger partial charge < -0.3 is 4.52 Å². The molecule has 0 bridgehead atoms. The maximum atomic E-state index is 11.4. The smallest absolute Gasteiger partial charge is 0.325 e. The van der Waals surface area contributed by atoms with Crippen molar-refractivity contribution < 1.29 is 9.32 Å². The number of hydrogen-bond acceptors (Lipinski definition) is 4. The third kappa shape index (κ3) is 2.90. The monoisotopic (exact) mass is 232 g/mol. The maximum absolute atomic E-state index is 11.4. The zero-order chi connectivity index (χ0) is 11.6. The van der Waals surface area contributed by atoms with Crippen molar-refractivity contribution in [2.45, 2.75) is 40.2 Å². The molecule has 15 heavy (non-hydrogen) atoms. The first-order valence-corrected chi connectivity index (χ1v) is 6.60. The summed E-state index contributed by atoms with van der Waals surface area (Å²) in [4.78, 5) is 11.4. The molecule has 1 rings (SSSR count). The van der Waals surface area contributed by atoms with E-state index in [2.05, 4.69) is 44.0 Å². The van der Waals surface area contributed by atoms with E-state index in [0.717, 1.165) is 13.1 Å². The fraction of sp³-hybridized carbons (Fsp3) is 0.900. The first-order chi connectivity index (χ1) is 6.90. The molecule has 0 amide bonds. The third-order valence-corrected chi connectivity index (χ3v) is 4.99. The van der Waals surface area contributed by atoms with E-state index in [0.29, 0.717) is 6.54 Å². The average Bonchev–Trinajstić information content (AvgIpc) is 2.49. The molecule has 0 radical (unpaired) electrons. The molecule has 0 aromatic heterocycles. The van der Waals surface area contributed by atoms with E-state index < -0.39 is 8.45 Å². The van der Waals surface area contributed by atoms with Gasteiger partial charge in [0, 0.05) is 18.6 Å². The largest absolute Gasteiger partial charge is 0.412 e. The fourth-order valence-electron chi connectivity index (χ4n) is 1.52. The predicted octanol–water partition coefficient (Wildman–Crippen LogP) is 2.21. The summed E-state index contributed by atoms with van der Waals surface area (Å²) in [5, 5.41) is 0. The van der Waals surface area contributed by atoms with Crippen LogP contribution in [0.3, 0.4) is 0 Å². The molecule has 0 N–H and O–H groups in total. The van der Waals surface area contributed by atoms with Crippen molar-refractivity contribution in [2.75, 3.05) is 19.6 Å². The normalized spacial score (nSPS) is 23.6. The van der Waals surface area contributed by atoms with Gasteiger partial charge in [0.05, 0.1) is 0 Å². The van der Waals surface area contributed by atoms with E-state index in [1.54, 1.807) is 0 Å². The molecule has 0 spiro atoms. The van der Waals surface area contributed by atoms with Crippen molar-refractivity contribution in [3.63, 3.8) is 0 Å². The van der Waals surface area contributed by atoms with E-state index in [4.69, 9.17) is 4.52 Å². The van der Waals surface area contributed by atoms with Crippen LogP contribution in [0, 0.1) is 0 Å². The fourth-order valence-corrected chi connectivity index (χ4v) is 3.51. The Hall–Kier alpha value is -0.180. The highest BCUT2D eigenvalue weighted by Crippen LogP contribution is 2.52. The van der Waals surface area contributed by atoms with Gasteiger partial charge in [-0.15, -0.1) is 0 Å². The third-order valence-electron chi connectivity index (χ3n) is 2.42. The minimum atomic E-state index is -0.882. The lowest BCUT2D eigenvalue weighted by Crippen LogP contribution is -2.39. The molecule has 1 heterocycles. The Kier molecular flexibility index (Phi) is 4.10. The summed E-state index contributed by atoms with van der Waals surface area (Å²) in [6.45, 7) is 12.8. The zero-order valence-corrected chi connectivity index (χ0v) is 11.2. The molecule has 4 nitrogen and oxygen atoms in total. The Morgan fingerprint density at radius 3 is 2.33 bits per heavy atom. The van der Waals surface area contributed by atoms with Crippen LogP contribution in [0.2, 0.25) is 0 Å². The number of hydrogen-bond donors (Lipinski definition) is 0. The molecule has 1 fully saturated rings. The van der Waals surface area contributed by atoms with E-state index in [1.807, 2.05) is 0 Å². The average molecular weight is 232 g/mol. The van der Waals surface area contributed by atoms with Gasteiger partial charge >= 0.3 is 5.97 Å². The lowest BCUT2D eigenvalue weighted by molar-refractivity contribution is -0.131. The Morgan fingerprint density at radius 2 is 1.93 bits per heavy atom. The van der Waals surface area contributed by atoms with Crippen LogP contribution in [0.15, 0.2) is 0 Å². The quantitative estimate of drug-likeness (QED) is 0.698. The first kappa shape index (κ1) is 12.9. The van der Waals surface area contributed by atoms with E-state index in [1.165, 1.54) is 0 Å². The molecule has 1 unspecified atom stereocenters. The van der Waals surface area contributed by atoms with Gasteiger partial charge in [-0.2, -0.15) is 0 Å². The van der Waals surface area contributed by atoms with Crippen LogP contribution < -0.4 is 0 Å². The van der Waals surface area contributed by atoms with Crippen molar-refractivity contribution >= 4 is 14.4 Å². The van der Waals surface area contributed by atoms with Crippen molar-refractivity contribution in [3.05, 3.63) is 0 Å². The molecule has 1 aliphatic heterocycles. The van der Waals surface area contributed by atoms with Crippen LogP contribution in [0.1, 0.15) is 34.6 Å². The zero-order valence-electron chi connectivity index (χ0n) is 10.3. The van der Waals surface area contributed by atoms with Crippen LogP contribution in [0.25, 0.3) is 0 Å². The highest BCUT2D eigenvalue weighted by Gasteiger charge is 2.42. The molecule has 0 aromatic rings. The van der Waals surface area contributed by atoms with Crippen LogP contribution in [0.4, 0.5) is 0 Å². The standard InChI is InChI=1S/C10H21N2O2P/c1-6-11(7-2)15-12(10(3,4)5)8-9(13)14-15/h6-8H2,1-5H3. The summed E-state index contributed by atoms with van der Waals surface area (Å²) in [5.41, 5.74) is -0.0134. The molecule has 1 aliphatic rings. The van der Waals surface area contributed by atoms with E-state index >= 15 is 0 Å². The molecular weight excluding hydrogens is 211 g/mol. The Bertz CT molecular complexity index is 236. The second-order valence-electron chi connectivity index (χ2n) is 4.58. The number of rotatable bonds is 3. The topological polar surface area (TPSA) is 32.8 Å². The van der Waals surface area contributed by atoms with Crippen molar-refractivity contribution in [1.82, 2.24) is 9.34 Å². The van der Waals surface area contributed by atoms with Gasteiger partial charge in [0.15, 0.2) is 0 Å². The molecular formula is C10H21N2O2P. The van der Waals surface area contributed by atoms with Crippen molar-refractivity contribution in [3.8, 4) is 0 Å². The van der Waals surface area contributed by atoms with E-state index in [9.17, 15) is 4.79 Å². The summed E-state index contributed by atoms with van der Waals surface area (Å²) in [5.74, 6) is -0.0945. The predicted molar refractivity (Wildman–Crippen MR) is 62.4 cm³/mol. The molecule has 1 saturated heterocycles. The summed E-state index contributed by atoms with van der Waals surface area (Å²) in [6, 6.07) is 0. The highest BCUT2D eigenvalue weighted by molar-refractivity contribution is 7.48. The lowest BCUT2D eigenvalue weighted by atomic mass is 10.1. The van der Waals surface area contributed by atoms with Gasteiger partial charge in [-0.25, -0.2) is 9.34 Å². The van der Waals surface area contributed by atoms with Crippen LogP contribution in [0.5, 0.6) is 0 Å². The highest BCUT2D eigenvalue weighted by atomic mass is 31.2. The molecule has 88 valence electrons. The summed E-state index contributed by atoms with van der Waals surface area (Å²) in [7, 11) is -0.882. The van der Waals surface area contributed by atoms with Gasteiger partial charge in [-0.3, -0.25) is 4.79 Å². The van der Waals surface area contributed by atoms with Crippen molar-refractivity contribution in [1.29, 1.82) is 0 Å². The van der Waals surface area contributed by atoms with Crippen LogP contribution >= 0.6 is 8.45 Å². The van der Waals surface area contributed by atoms with Crippen LogP contribution in [-0.4, -0.2) is 40.5 Å². The minimum absolute atomic E-state index is 0.0134. The first-order valence-electron chi connectivity index (χ1n) is 5.43. The molecule has 1 atom stereocenters.